The first-order valence-electron chi connectivity index (χ1n) is 6.50. The maximum Gasteiger partial charge on any atom is 0.133 e. The van der Waals surface area contributed by atoms with Gasteiger partial charge in [-0.1, -0.05) is 12.1 Å². The van der Waals surface area contributed by atoms with Gasteiger partial charge in [0, 0.05) is 24.8 Å². The molecule has 2 nitrogen and oxygen atoms in total. The molecular formula is C16H18ClFN2. The van der Waals surface area contributed by atoms with Gasteiger partial charge in [0.1, 0.15) is 11.6 Å². The first-order valence-corrected chi connectivity index (χ1v) is 7.03. The highest BCUT2D eigenvalue weighted by atomic mass is 35.5. The number of aryl methyl sites for hydroxylation is 2. The van der Waals surface area contributed by atoms with Crippen LogP contribution in [0.4, 0.5) is 10.2 Å². The summed E-state index contributed by atoms with van der Waals surface area (Å²) in [5, 5.41) is 0. The molecule has 0 saturated carbocycles. The van der Waals surface area contributed by atoms with Crippen molar-refractivity contribution in [3.8, 4) is 0 Å². The van der Waals surface area contributed by atoms with Gasteiger partial charge in [-0.25, -0.2) is 9.37 Å². The molecule has 0 bridgehead atoms. The van der Waals surface area contributed by atoms with Gasteiger partial charge in [0.2, 0.25) is 0 Å². The third-order valence-corrected chi connectivity index (χ3v) is 3.52. The molecule has 0 amide bonds. The van der Waals surface area contributed by atoms with Crippen LogP contribution >= 0.6 is 11.6 Å². The normalized spacial score (nSPS) is 10.7. The molecule has 0 atom stereocenters. The van der Waals surface area contributed by atoms with Gasteiger partial charge in [0.05, 0.1) is 5.88 Å². The number of aromatic nitrogens is 1. The monoisotopic (exact) mass is 292 g/mol. The Balaban J connectivity index is 2.31. The largest absolute Gasteiger partial charge is 0.355 e. The molecule has 0 spiro atoms. The molecule has 0 radical (unpaired) electrons. The molecule has 2 rings (SSSR count). The van der Waals surface area contributed by atoms with Crippen LogP contribution in [0.2, 0.25) is 0 Å². The van der Waals surface area contributed by atoms with Gasteiger partial charge < -0.3 is 4.90 Å². The van der Waals surface area contributed by atoms with Gasteiger partial charge in [0.15, 0.2) is 0 Å². The third-order valence-electron chi connectivity index (χ3n) is 3.26. The first kappa shape index (κ1) is 14.8. The Morgan fingerprint density at radius 1 is 1.25 bits per heavy atom. The summed E-state index contributed by atoms with van der Waals surface area (Å²) in [5.74, 6) is 1.06. The Labute approximate surface area is 124 Å². The number of hydrogen-bond donors (Lipinski definition) is 0. The number of halogens is 2. The SMILES string of the molecule is Cc1cc(C)c(CCl)c(N(C)Cc2cccc(F)c2)n1. The van der Waals surface area contributed by atoms with Crippen molar-refractivity contribution in [2.45, 2.75) is 26.3 Å². The highest BCUT2D eigenvalue weighted by Gasteiger charge is 2.12. The molecule has 0 N–H and O–H groups in total. The zero-order valence-electron chi connectivity index (χ0n) is 12.0. The van der Waals surface area contributed by atoms with E-state index < -0.39 is 0 Å². The van der Waals surface area contributed by atoms with E-state index in [4.69, 9.17) is 11.6 Å². The fourth-order valence-corrected chi connectivity index (χ4v) is 2.64. The summed E-state index contributed by atoms with van der Waals surface area (Å²) in [7, 11) is 1.95. The van der Waals surface area contributed by atoms with Crippen LogP contribution in [0, 0.1) is 19.7 Å². The lowest BCUT2D eigenvalue weighted by Gasteiger charge is -2.22. The Kier molecular flexibility index (Phi) is 4.61. The smallest absolute Gasteiger partial charge is 0.133 e. The van der Waals surface area contributed by atoms with E-state index in [0.29, 0.717) is 12.4 Å². The van der Waals surface area contributed by atoms with E-state index in [2.05, 4.69) is 4.98 Å². The summed E-state index contributed by atoms with van der Waals surface area (Å²) >= 11 is 6.04. The molecule has 0 saturated heterocycles. The number of hydrogen-bond acceptors (Lipinski definition) is 2. The van der Waals surface area contributed by atoms with Crippen molar-refractivity contribution in [1.82, 2.24) is 4.98 Å². The Morgan fingerprint density at radius 3 is 2.65 bits per heavy atom. The Morgan fingerprint density at radius 2 is 2.00 bits per heavy atom. The first-order chi connectivity index (χ1) is 9.51. The molecule has 0 fully saturated rings. The molecule has 1 aromatic carbocycles. The zero-order valence-corrected chi connectivity index (χ0v) is 12.7. The summed E-state index contributed by atoms with van der Waals surface area (Å²) < 4.78 is 13.2. The van der Waals surface area contributed by atoms with E-state index >= 15 is 0 Å². The summed E-state index contributed by atoms with van der Waals surface area (Å²) in [5.41, 5.74) is 4.02. The highest BCUT2D eigenvalue weighted by Crippen LogP contribution is 2.24. The van der Waals surface area contributed by atoms with Gasteiger partial charge in [-0.3, -0.25) is 0 Å². The molecule has 20 heavy (non-hydrogen) atoms. The van der Waals surface area contributed by atoms with Crippen LogP contribution in [0.1, 0.15) is 22.4 Å². The molecule has 0 aliphatic carbocycles. The summed E-state index contributed by atoms with van der Waals surface area (Å²) in [4.78, 5) is 6.58. The highest BCUT2D eigenvalue weighted by molar-refractivity contribution is 6.17. The minimum absolute atomic E-state index is 0.221. The fraction of sp³-hybridized carbons (Fsp3) is 0.312. The fourth-order valence-electron chi connectivity index (χ4n) is 2.31. The predicted molar refractivity (Wildman–Crippen MR) is 81.8 cm³/mol. The predicted octanol–water partition coefficient (Wildman–Crippen LogP) is 4.21. The number of alkyl halides is 1. The van der Waals surface area contributed by atoms with Crippen LogP contribution in [-0.2, 0) is 12.4 Å². The van der Waals surface area contributed by atoms with Gasteiger partial charge >= 0.3 is 0 Å². The summed E-state index contributed by atoms with van der Waals surface area (Å²) in [6.07, 6.45) is 0. The average molecular weight is 293 g/mol. The lowest BCUT2D eigenvalue weighted by molar-refractivity contribution is 0.625. The second kappa shape index (κ2) is 6.23. The van der Waals surface area contributed by atoms with Crippen LogP contribution in [0.3, 0.4) is 0 Å². The standard InChI is InChI=1S/C16H18ClFN2/c1-11-7-12(2)19-16(15(11)9-17)20(3)10-13-5-4-6-14(18)8-13/h4-8H,9-10H2,1-3H3. The summed E-state index contributed by atoms with van der Waals surface area (Å²) in [6, 6.07) is 8.64. The second-order valence-corrected chi connectivity index (χ2v) is 5.27. The van der Waals surface area contributed by atoms with Crippen molar-refractivity contribution in [3.63, 3.8) is 0 Å². The molecular weight excluding hydrogens is 275 g/mol. The minimum Gasteiger partial charge on any atom is -0.355 e. The number of rotatable bonds is 4. The van der Waals surface area contributed by atoms with Crippen LogP contribution in [0.5, 0.6) is 0 Å². The average Bonchev–Trinajstić information content (AvgIpc) is 2.37. The quantitative estimate of drug-likeness (QED) is 0.785. The van der Waals surface area contributed by atoms with Crippen LogP contribution in [-0.4, -0.2) is 12.0 Å². The second-order valence-electron chi connectivity index (χ2n) is 5.00. The third kappa shape index (κ3) is 3.28. The van der Waals surface area contributed by atoms with Crippen LogP contribution < -0.4 is 4.90 Å². The van der Waals surface area contributed by atoms with Crippen LogP contribution in [0.15, 0.2) is 30.3 Å². The molecule has 1 heterocycles. The number of benzene rings is 1. The van der Waals surface area contributed by atoms with E-state index in [0.717, 1.165) is 28.2 Å². The van der Waals surface area contributed by atoms with Gasteiger partial charge in [-0.15, -0.1) is 11.6 Å². The molecule has 2 aromatic rings. The minimum atomic E-state index is -0.221. The molecule has 4 heteroatoms. The maximum atomic E-state index is 13.2. The number of nitrogens with zero attached hydrogens (tertiary/aromatic N) is 2. The lowest BCUT2D eigenvalue weighted by Crippen LogP contribution is -2.20. The molecule has 1 aromatic heterocycles. The topological polar surface area (TPSA) is 16.1 Å². The van der Waals surface area contributed by atoms with Crippen molar-refractivity contribution in [2.24, 2.45) is 0 Å². The van der Waals surface area contributed by atoms with Crippen molar-refractivity contribution >= 4 is 17.4 Å². The van der Waals surface area contributed by atoms with E-state index in [1.165, 1.54) is 6.07 Å². The van der Waals surface area contributed by atoms with Crippen LogP contribution in [0.25, 0.3) is 0 Å². The van der Waals surface area contributed by atoms with Gasteiger partial charge in [-0.05, 0) is 43.2 Å². The summed E-state index contributed by atoms with van der Waals surface area (Å²) in [6.45, 7) is 4.59. The maximum absolute atomic E-state index is 13.2. The van der Waals surface area contributed by atoms with Gasteiger partial charge in [-0.2, -0.15) is 0 Å². The molecule has 0 unspecified atom stereocenters. The van der Waals surface area contributed by atoms with Crippen molar-refractivity contribution in [1.29, 1.82) is 0 Å². The van der Waals surface area contributed by atoms with Crippen molar-refractivity contribution in [2.75, 3.05) is 11.9 Å². The molecule has 0 aliphatic rings. The lowest BCUT2D eigenvalue weighted by atomic mass is 10.1. The molecule has 106 valence electrons. The van der Waals surface area contributed by atoms with E-state index in [1.807, 2.05) is 37.9 Å². The zero-order chi connectivity index (χ0) is 14.7. The van der Waals surface area contributed by atoms with Gasteiger partial charge in [0.25, 0.3) is 0 Å². The molecule has 0 aliphatic heterocycles. The Hall–Kier alpha value is -1.61. The number of pyridine rings is 1. The Bertz CT molecular complexity index is 613. The van der Waals surface area contributed by atoms with E-state index in [9.17, 15) is 4.39 Å². The van der Waals surface area contributed by atoms with Crippen molar-refractivity contribution in [3.05, 3.63) is 58.5 Å². The van der Waals surface area contributed by atoms with E-state index in [-0.39, 0.29) is 5.82 Å². The van der Waals surface area contributed by atoms with E-state index in [1.54, 1.807) is 12.1 Å². The van der Waals surface area contributed by atoms with Crippen molar-refractivity contribution < 1.29 is 4.39 Å². The number of anilines is 1.